The van der Waals surface area contributed by atoms with Crippen LogP contribution in [0, 0.1) is 16.0 Å². The highest BCUT2D eigenvalue weighted by Gasteiger charge is 2.41. The van der Waals surface area contributed by atoms with Gasteiger partial charge in [-0.25, -0.2) is 0 Å². The number of ether oxygens (including phenoxy) is 2. The zero-order chi connectivity index (χ0) is 28.2. The fraction of sp³-hybridized carbons (Fsp3) is 0.367. The van der Waals surface area contributed by atoms with Crippen molar-refractivity contribution in [2.45, 2.75) is 25.4 Å². The Morgan fingerprint density at radius 3 is 2.50 bits per heavy atom. The largest absolute Gasteiger partial charge is 0.493 e. The number of rotatable bonds is 9. The maximum absolute atomic E-state index is 13.6. The third-order valence-corrected chi connectivity index (χ3v) is 8.06. The molecule has 0 unspecified atom stereocenters. The van der Waals surface area contributed by atoms with Gasteiger partial charge in [0.2, 0.25) is 5.91 Å². The van der Waals surface area contributed by atoms with Crippen molar-refractivity contribution in [2.75, 3.05) is 45.3 Å². The molecule has 5 rings (SSSR count). The standard InChI is InChI=1S/C30H33ClN4O5/c1-39-28-10-5-20(15-29(28)40-2)11-12-32-30(36)25-17-22-16-24(35(37)38)8-9-26(22)34-14-13-33(19-27(25)34)18-21-3-6-23(31)7-4-21/h3-10,15-16,25,27H,11-14,17-19H2,1-2H3,(H,32,36)/t25-,27+/m1/s1. The van der Waals surface area contributed by atoms with Crippen LogP contribution in [0.25, 0.3) is 0 Å². The van der Waals surface area contributed by atoms with E-state index in [0.717, 1.165) is 36.4 Å². The molecule has 0 saturated carbocycles. The lowest BCUT2D eigenvalue weighted by atomic mass is 9.83. The van der Waals surface area contributed by atoms with Gasteiger partial charge in [-0.15, -0.1) is 0 Å². The lowest BCUT2D eigenvalue weighted by Gasteiger charge is -2.49. The molecular formula is C30H33ClN4O5. The van der Waals surface area contributed by atoms with Crippen molar-refractivity contribution < 1.29 is 19.2 Å². The van der Waals surface area contributed by atoms with E-state index in [1.54, 1.807) is 26.4 Å². The van der Waals surface area contributed by atoms with E-state index in [-0.39, 0.29) is 28.5 Å². The van der Waals surface area contributed by atoms with E-state index in [1.165, 1.54) is 5.56 Å². The summed E-state index contributed by atoms with van der Waals surface area (Å²) in [5.41, 5.74) is 4.07. The number of halogens is 1. The fourth-order valence-corrected chi connectivity index (χ4v) is 5.90. The van der Waals surface area contributed by atoms with Crippen LogP contribution >= 0.6 is 11.6 Å². The third-order valence-electron chi connectivity index (χ3n) is 7.81. The SMILES string of the molecule is COc1ccc(CCNC(=O)[C@@H]2Cc3cc([N+](=O)[O-])ccc3N3CCN(Cc4ccc(Cl)cc4)C[C@@H]23)cc1OC. The number of methoxy groups -OCH3 is 2. The number of fused-ring (bicyclic) bond motifs is 3. The maximum atomic E-state index is 13.6. The van der Waals surface area contributed by atoms with Gasteiger partial charge < -0.3 is 19.7 Å². The molecule has 3 aromatic rings. The summed E-state index contributed by atoms with van der Waals surface area (Å²) in [6.45, 7) is 3.50. The molecule has 2 atom stereocenters. The number of non-ortho nitro benzene ring substituents is 1. The highest BCUT2D eigenvalue weighted by Crippen LogP contribution is 2.38. The van der Waals surface area contributed by atoms with Gasteiger partial charge in [-0.3, -0.25) is 19.8 Å². The first-order valence-electron chi connectivity index (χ1n) is 13.4. The minimum Gasteiger partial charge on any atom is -0.493 e. The molecule has 0 radical (unpaired) electrons. The molecular weight excluding hydrogens is 532 g/mol. The van der Waals surface area contributed by atoms with E-state index < -0.39 is 0 Å². The Morgan fingerprint density at radius 2 is 1.77 bits per heavy atom. The second-order valence-corrected chi connectivity index (χ2v) is 10.7. The Kier molecular flexibility index (Phi) is 8.42. The summed E-state index contributed by atoms with van der Waals surface area (Å²) < 4.78 is 10.7. The molecule has 2 aliphatic heterocycles. The van der Waals surface area contributed by atoms with E-state index >= 15 is 0 Å². The number of anilines is 1. The average molecular weight is 565 g/mol. The first-order chi connectivity index (χ1) is 19.4. The molecule has 9 nitrogen and oxygen atoms in total. The first kappa shape index (κ1) is 27.7. The van der Waals surface area contributed by atoms with Crippen LogP contribution in [0.15, 0.2) is 60.7 Å². The Hall–Kier alpha value is -3.82. The van der Waals surface area contributed by atoms with Crippen LogP contribution in [-0.4, -0.2) is 62.2 Å². The Morgan fingerprint density at radius 1 is 1.02 bits per heavy atom. The van der Waals surface area contributed by atoms with Crippen molar-refractivity contribution in [3.05, 3.63) is 92.5 Å². The molecule has 210 valence electrons. The van der Waals surface area contributed by atoms with Gasteiger partial charge in [0.1, 0.15) is 0 Å². The number of amides is 1. The van der Waals surface area contributed by atoms with Crippen LogP contribution in [-0.2, 0) is 24.2 Å². The van der Waals surface area contributed by atoms with Gasteiger partial charge in [-0.2, -0.15) is 0 Å². The summed E-state index contributed by atoms with van der Waals surface area (Å²) in [5.74, 6) is 0.926. The number of nitrogens with zero attached hydrogens (tertiary/aromatic N) is 3. The van der Waals surface area contributed by atoms with E-state index in [9.17, 15) is 14.9 Å². The summed E-state index contributed by atoms with van der Waals surface area (Å²) in [4.78, 5) is 29.4. The molecule has 1 fully saturated rings. The van der Waals surface area contributed by atoms with E-state index in [0.29, 0.717) is 42.5 Å². The second-order valence-electron chi connectivity index (χ2n) is 10.2. The van der Waals surface area contributed by atoms with Crippen LogP contribution < -0.4 is 19.7 Å². The molecule has 0 aromatic heterocycles. The zero-order valence-corrected chi connectivity index (χ0v) is 23.4. The highest BCUT2D eigenvalue weighted by atomic mass is 35.5. The van der Waals surface area contributed by atoms with Gasteiger partial charge in [0.25, 0.3) is 5.69 Å². The second kappa shape index (κ2) is 12.1. The number of piperazine rings is 1. The van der Waals surface area contributed by atoms with Gasteiger partial charge in [0, 0.05) is 55.6 Å². The molecule has 10 heteroatoms. The van der Waals surface area contributed by atoms with Crippen molar-refractivity contribution in [2.24, 2.45) is 5.92 Å². The van der Waals surface area contributed by atoms with Crippen molar-refractivity contribution in [1.82, 2.24) is 10.2 Å². The highest BCUT2D eigenvalue weighted by molar-refractivity contribution is 6.30. The molecule has 0 spiro atoms. The van der Waals surface area contributed by atoms with Crippen molar-refractivity contribution >= 4 is 28.9 Å². The Labute approximate surface area is 238 Å². The summed E-state index contributed by atoms with van der Waals surface area (Å²) in [7, 11) is 3.20. The predicted octanol–water partition coefficient (Wildman–Crippen LogP) is 4.49. The van der Waals surface area contributed by atoms with Gasteiger partial charge in [0.15, 0.2) is 11.5 Å². The summed E-state index contributed by atoms with van der Waals surface area (Å²) >= 11 is 6.07. The molecule has 2 aliphatic rings. The lowest BCUT2D eigenvalue weighted by molar-refractivity contribution is -0.384. The van der Waals surface area contributed by atoms with Gasteiger partial charge in [-0.1, -0.05) is 29.8 Å². The molecule has 1 N–H and O–H groups in total. The van der Waals surface area contributed by atoms with Crippen LogP contribution in [0.2, 0.25) is 5.02 Å². The maximum Gasteiger partial charge on any atom is 0.269 e. The smallest absolute Gasteiger partial charge is 0.269 e. The first-order valence-corrected chi connectivity index (χ1v) is 13.7. The Balaban J connectivity index is 1.32. The fourth-order valence-electron chi connectivity index (χ4n) is 5.77. The molecule has 40 heavy (non-hydrogen) atoms. The molecule has 2 heterocycles. The van der Waals surface area contributed by atoms with E-state index in [2.05, 4.69) is 15.1 Å². The van der Waals surface area contributed by atoms with Crippen molar-refractivity contribution in [3.63, 3.8) is 0 Å². The molecule has 0 aliphatic carbocycles. The minimum absolute atomic E-state index is 0.0408. The number of nitrogens with one attached hydrogen (secondary N) is 1. The number of carbonyl (C=O) groups excluding carboxylic acids is 1. The van der Waals surface area contributed by atoms with Crippen LogP contribution in [0.3, 0.4) is 0 Å². The van der Waals surface area contributed by atoms with Gasteiger partial charge in [0.05, 0.1) is 31.1 Å². The lowest BCUT2D eigenvalue weighted by Crippen LogP contribution is -2.61. The van der Waals surface area contributed by atoms with Crippen molar-refractivity contribution in [3.8, 4) is 11.5 Å². The topological polar surface area (TPSA) is 97.2 Å². The summed E-state index contributed by atoms with van der Waals surface area (Å²) in [6, 6.07) is 18.5. The minimum atomic E-state index is -0.380. The number of nitro groups is 1. The summed E-state index contributed by atoms with van der Waals surface area (Å²) in [6.07, 6.45) is 1.09. The molecule has 3 aromatic carbocycles. The zero-order valence-electron chi connectivity index (χ0n) is 22.6. The third kappa shape index (κ3) is 6.00. The molecule has 1 saturated heterocycles. The summed E-state index contributed by atoms with van der Waals surface area (Å²) in [5, 5.41) is 15.3. The molecule has 1 amide bonds. The number of carbonyl (C=O) groups is 1. The number of benzene rings is 3. The number of hydrogen-bond donors (Lipinski definition) is 1. The number of nitro benzene ring substituents is 1. The monoisotopic (exact) mass is 564 g/mol. The van der Waals surface area contributed by atoms with Crippen molar-refractivity contribution in [1.29, 1.82) is 0 Å². The average Bonchev–Trinajstić information content (AvgIpc) is 2.97. The van der Waals surface area contributed by atoms with Crippen LogP contribution in [0.5, 0.6) is 11.5 Å². The van der Waals surface area contributed by atoms with Gasteiger partial charge in [-0.05, 0) is 59.9 Å². The van der Waals surface area contributed by atoms with Crippen LogP contribution in [0.4, 0.5) is 11.4 Å². The Bertz CT molecular complexity index is 1380. The number of hydrogen-bond acceptors (Lipinski definition) is 7. The molecule has 0 bridgehead atoms. The van der Waals surface area contributed by atoms with E-state index in [4.69, 9.17) is 21.1 Å². The normalized spacial score (nSPS) is 18.4. The van der Waals surface area contributed by atoms with Gasteiger partial charge >= 0.3 is 0 Å². The quantitative estimate of drug-likeness (QED) is 0.302. The van der Waals surface area contributed by atoms with E-state index in [1.807, 2.05) is 48.5 Å². The van der Waals surface area contributed by atoms with Crippen LogP contribution in [0.1, 0.15) is 16.7 Å². The predicted molar refractivity (Wildman–Crippen MR) is 154 cm³/mol.